The Balaban J connectivity index is 1.48. The van der Waals surface area contributed by atoms with Gasteiger partial charge in [0.25, 0.3) is 0 Å². The van der Waals surface area contributed by atoms with Crippen molar-refractivity contribution >= 4 is 32.4 Å². The fraction of sp³-hybridized carbons (Fsp3) is 0.333. The minimum absolute atomic E-state index is 0.00592. The molecule has 1 aliphatic heterocycles. The van der Waals surface area contributed by atoms with Gasteiger partial charge in [-0.1, -0.05) is 17.7 Å². The molecule has 2 aromatic heterocycles. The lowest BCUT2D eigenvalue weighted by Crippen LogP contribution is -2.51. The summed E-state index contributed by atoms with van der Waals surface area (Å²) in [6.07, 6.45) is 3.26. The molecule has 8 nitrogen and oxygen atoms in total. The van der Waals surface area contributed by atoms with E-state index >= 15 is 0 Å². The molecule has 0 atom stereocenters. The van der Waals surface area contributed by atoms with Gasteiger partial charge in [0.05, 0.1) is 24.2 Å². The van der Waals surface area contributed by atoms with Crippen molar-refractivity contribution in [2.75, 3.05) is 37.6 Å². The number of amides is 1. The van der Waals surface area contributed by atoms with Crippen molar-refractivity contribution in [2.45, 2.75) is 18.4 Å². The van der Waals surface area contributed by atoms with Crippen LogP contribution in [0.25, 0.3) is 0 Å². The van der Waals surface area contributed by atoms with Gasteiger partial charge in [-0.15, -0.1) is 11.3 Å². The van der Waals surface area contributed by atoms with Crippen molar-refractivity contribution in [3.63, 3.8) is 0 Å². The van der Waals surface area contributed by atoms with Gasteiger partial charge in [0.2, 0.25) is 15.9 Å². The Morgan fingerprint density at radius 1 is 1.16 bits per heavy atom. The van der Waals surface area contributed by atoms with Crippen molar-refractivity contribution in [3.8, 4) is 0 Å². The molecular formula is C21H24N4O4S2. The first-order chi connectivity index (χ1) is 14.9. The number of anilines is 1. The number of aryl methyl sites for hydroxylation is 1. The standard InChI is InChI=1S/C21H24N4O4S2/c1-17-4-6-19(7-5-17)31(27,28)25(15-18-3-2-13-29-18)16-20(26)23-9-11-24(12-10-23)21-22-8-14-30-21/h2-8,13-14H,9-12,15-16H2,1H3. The second-order valence-corrected chi connectivity index (χ2v) is 10.2. The Kier molecular flexibility index (Phi) is 6.40. The lowest BCUT2D eigenvalue weighted by molar-refractivity contribution is -0.131. The van der Waals surface area contributed by atoms with Gasteiger partial charge in [-0.2, -0.15) is 4.31 Å². The smallest absolute Gasteiger partial charge is 0.243 e. The van der Waals surface area contributed by atoms with Gasteiger partial charge >= 0.3 is 0 Å². The third kappa shape index (κ3) is 4.97. The Bertz CT molecular complexity index is 1090. The highest BCUT2D eigenvalue weighted by atomic mass is 32.2. The largest absolute Gasteiger partial charge is 0.468 e. The molecule has 1 aromatic carbocycles. The van der Waals surface area contributed by atoms with E-state index in [9.17, 15) is 13.2 Å². The number of furan rings is 1. The first-order valence-corrected chi connectivity index (χ1v) is 12.3. The summed E-state index contributed by atoms with van der Waals surface area (Å²) in [5, 5.41) is 2.86. The van der Waals surface area contributed by atoms with Crippen LogP contribution in [0, 0.1) is 6.92 Å². The van der Waals surface area contributed by atoms with Gasteiger partial charge < -0.3 is 14.2 Å². The van der Waals surface area contributed by atoms with Crippen LogP contribution < -0.4 is 4.90 Å². The number of carbonyl (C=O) groups excluding carboxylic acids is 1. The second-order valence-electron chi connectivity index (χ2n) is 7.35. The number of thiazole rings is 1. The highest BCUT2D eigenvalue weighted by Gasteiger charge is 2.30. The van der Waals surface area contributed by atoms with E-state index in [-0.39, 0.29) is 23.9 Å². The summed E-state index contributed by atoms with van der Waals surface area (Å²) in [4.78, 5) is 21.3. The Morgan fingerprint density at radius 3 is 2.52 bits per heavy atom. The van der Waals surface area contributed by atoms with Crippen molar-refractivity contribution in [1.29, 1.82) is 0 Å². The van der Waals surface area contributed by atoms with Crippen LogP contribution in [-0.4, -0.2) is 61.2 Å². The van der Waals surface area contributed by atoms with E-state index in [0.29, 0.717) is 31.9 Å². The number of benzene rings is 1. The van der Waals surface area contributed by atoms with Crippen LogP contribution >= 0.6 is 11.3 Å². The van der Waals surface area contributed by atoms with E-state index in [1.54, 1.807) is 58.8 Å². The highest BCUT2D eigenvalue weighted by Crippen LogP contribution is 2.21. The maximum Gasteiger partial charge on any atom is 0.243 e. The Morgan fingerprint density at radius 2 is 1.90 bits per heavy atom. The zero-order valence-electron chi connectivity index (χ0n) is 17.2. The molecule has 0 radical (unpaired) electrons. The van der Waals surface area contributed by atoms with Crippen LogP contribution in [0.3, 0.4) is 0 Å². The third-order valence-corrected chi connectivity index (χ3v) is 7.84. The number of piperazine rings is 1. The van der Waals surface area contributed by atoms with Crippen molar-refractivity contribution < 1.29 is 17.6 Å². The van der Waals surface area contributed by atoms with Crippen LogP contribution in [0.1, 0.15) is 11.3 Å². The monoisotopic (exact) mass is 460 g/mol. The zero-order valence-corrected chi connectivity index (χ0v) is 18.8. The van der Waals surface area contributed by atoms with Crippen LogP contribution in [0.15, 0.2) is 63.6 Å². The first kappa shape index (κ1) is 21.5. The minimum atomic E-state index is -3.87. The lowest BCUT2D eigenvalue weighted by atomic mass is 10.2. The average molecular weight is 461 g/mol. The minimum Gasteiger partial charge on any atom is -0.468 e. The van der Waals surface area contributed by atoms with Gasteiger partial charge in [-0.05, 0) is 31.2 Å². The fourth-order valence-electron chi connectivity index (χ4n) is 3.43. The van der Waals surface area contributed by atoms with E-state index in [2.05, 4.69) is 9.88 Å². The van der Waals surface area contributed by atoms with Crippen molar-refractivity contribution in [2.24, 2.45) is 0 Å². The number of carbonyl (C=O) groups is 1. The quantitative estimate of drug-likeness (QED) is 0.539. The molecule has 1 amide bonds. The van der Waals surface area contributed by atoms with Gasteiger partial charge in [0.1, 0.15) is 5.76 Å². The molecule has 0 N–H and O–H groups in total. The number of aromatic nitrogens is 1. The summed E-state index contributed by atoms with van der Waals surface area (Å²) in [7, 11) is -3.87. The van der Waals surface area contributed by atoms with Crippen molar-refractivity contribution in [3.05, 3.63) is 65.6 Å². The third-order valence-electron chi connectivity index (χ3n) is 5.20. The van der Waals surface area contributed by atoms with E-state index in [1.165, 1.54) is 10.6 Å². The Hall–Kier alpha value is -2.69. The van der Waals surface area contributed by atoms with Crippen LogP contribution in [0.4, 0.5) is 5.13 Å². The second kappa shape index (κ2) is 9.21. The number of rotatable bonds is 7. The molecule has 3 aromatic rings. The summed E-state index contributed by atoms with van der Waals surface area (Å²) >= 11 is 1.57. The van der Waals surface area contributed by atoms with E-state index in [1.807, 2.05) is 12.3 Å². The van der Waals surface area contributed by atoms with Crippen LogP contribution in [0.2, 0.25) is 0 Å². The SMILES string of the molecule is Cc1ccc(S(=O)(=O)N(CC(=O)N2CCN(c3nccs3)CC2)Cc2ccco2)cc1. The molecule has 3 heterocycles. The van der Waals surface area contributed by atoms with Crippen LogP contribution in [-0.2, 0) is 21.4 Å². The maximum atomic E-state index is 13.3. The molecule has 1 fully saturated rings. The van der Waals surface area contributed by atoms with E-state index < -0.39 is 10.0 Å². The van der Waals surface area contributed by atoms with Gasteiger partial charge in [-0.25, -0.2) is 13.4 Å². The average Bonchev–Trinajstić information content (AvgIpc) is 3.48. The summed E-state index contributed by atoms with van der Waals surface area (Å²) in [5.41, 5.74) is 0.964. The first-order valence-electron chi connectivity index (χ1n) is 9.95. The molecule has 0 spiro atoms. The van der Waals surface area contributed by atoms with Gasteiger partial charge in [0, 0.05) is 37.8 Å². The maximum absolute atomic E-state index is 13.3. The molecular weight excluding hydrogens is 436 g/mol. The number of sulfonamides is 1. The van der Waals surface area contributed by atoms with Crippen molar-refractivity contribution in [1.82, 2.24) is 14.2 Å². The molecule has 1 saturated heterocycles. The summed E-state index contributed by atoms with van der Waals surface area (Å²) < 4.78 is 33.1. The molecule has 0 saturated carbocycles. The number of hydrogen-bond acceptors (Lipinski definition) is 7. The van der Waals surface area contributed by atoms with Crippen LogP contribution in [0.5, 0.6) is 0 Å². The summed E-state index contributed by atoms with van der Waals surface area (Å²) in [6, 6.07) is 10.0. The van der Waals surface area contributed by atoms with E-state index in [4.69, 9.17) is 4.42 Å². The van der Waals surface area contributed by atoms with Gasteiger partial charge in [-0.3, -0.25) is 4.79 Å². The predicted molar refractivity (Wildman–Crippen MR) is 118 cm³/mol. The summed E-state index contributed by atoms with van der Waals surface area (Å²) in [5.74, 6) is 0.262. The molecule has 164 valence electrons. The molecule has 0 unspecified atom stereocenters. The highest BCUT2D eigenvalue weighted by molar-refractivity contribution is 7.89. The number of hydrogen-bond donors (Lipinski definition) is 0. The zero-order chi connectivity index (χ0) is 21.8. The Labute approximate surface area is 185 Å². The molecule has 1 aliphatic rings. The predicted octanol–water partition coefficient (Wildman–Crippen LogP) is 2.58. The summed E-state index contributed by atoms with van der Waals surface area (Å²) in [6.45, 7) is 4.04. The molecule has 31 heavy (non-hydrogen) atoms. The molecule has 0 bridgehead atoms. The number of nitrogens with zero attached hydrogens (tertiary/aromatic N) is 4. The fourth-order valence-corrected chi connectivity index (χ4v) is 5.48. The molecule has 0 aliphatic carbocycles. The lowest BCUT2D eigenvalue weighted by Gasteiger charge is -2.35. The molecule has 4 rings (SSSR count). The topological polar surface area (TPSA) is 87.0 Å². The normalized spacial score (nSPS) is 14.9. The van der Waals surface area contributed by atoms with Gasteiger partial charge in [0.15, 0.2) is 5.13 Å². The van der Waals surface area contributed by atoms with E-state index in [0.717, 1.165) is 10.7 Å². The molecule has 10 heteroatoms.